The van der Waals surface area contributed by atoms with Crippen LogP contribution in [-0.4, -0.2) is 43.6 Å². The number of nitrogens with one attached hydrogen (secondary N) is 2. The van der Waals surface area contributed by atoms with Gasteiger partial charge in [-0.15, -0.1) is 0 Å². The molecular formula is C13H17N3O3. The average Bonchev–Trinajstić information content (AvgIpc) is 2.38. The van der Waals surface area contributed by atoms with Crippen LogP contribution in [0.1, 0.15) is 11.7 Å². The number of piperazine rings is 1. The monoisotopic (exact) mass is 263 g/mol. The second-order valence-corrected chi connectivity index (χ2v) is 4.46. The molecule has 0 bridgehead atoms. The van der Waals surface area contributed by atoms with Gasteiger partial charge in [-0.2, -0.15) is 0 Å². The van der Waals surface area contributed by atoms with Gasteiger partial charge in [0.05, 0.1) is 19.2 Å². The zero-order valence-corrected chi connectivity index (χ0v) is 10.7. The number of para-hydroxylation sites is 1. The molecule has 19 heavy (non-hydrogen) atoms. The third-order valence-electron chi connectivity index (χ3n) is 2.98. The molecule has 0 aliphatic carbocycles. The minimum atomic E-state index is -0.679. The summed E-state index contributed by atoms with van der Waals surface area (Å²) < 4.78 is 0. The third kappa shape index (κ3) is 3.10. The molecule has 0 aromatic heterocycles. The Morgan fingerprint density at radius 3 is 2.58 bits per heavy atom. The highest BCUT2D eigenvalue weighted by Crippen LogP contribution is 2.26. The summed E-state index contributed by atoms with van der Waals surface area (Å²) in [6.07, 6.45) is -0.679. The first-order valence-electron chi connectivity index (χ1n) is 6.11. The maximum Gasteiger partial charge on any atom is 0.246 e. The van der Waals surface area contributed by atoms with Crippen molar-refractivity contribution in [3.05, 3.63) is 29.8 Å². The number of aliphatic hydroxyl groups excluding tert-OH is 1. The van der Waals surface area contributed by atoms with Crippen LogP contribution in [0.25, 0.3) is 0 Å². The van der Waals surface area contributed by atoms with Crippen LogP contribution >= 0.6 is 0 Å². The van der Waals surface area contributed by atoms with Crippen LogP contribution < -0.4 is 15.5 Å². The predicted octanol–water partition coefficient (Wildman–Crippen LogP) is -0.598. The number of carbonyl (C=O) groups excluding carboxylic acids is 2. The van der Waals surface area contributed by atoms with E-state index in [1.165, 1.54) is 0 Å². The Labute approximate surface area is 111 Å². The van der Waals surface area contributed by atoms with Crippen molar-refractivity contribution >= 4 is 17.5 Å². The summed E-state index contributed by atoms with van der Waals surface area (Å²) in [5.41, 5.74) is 1.42. The van der Waals surface area contributed by atoms with Crippen molar-refractivity contribution in [2.24, 2.45) is 0 Å². The fourth-order valence-corrected chi connectivity index (χ4v) is 2.17. The van der Waals surface area contributed by atoms with Gasteiger partial charge in [0.25, 0.3) is 0 Å². The lowest BCUT2D eigenvalue weighted by molar-refractivity contribution is -0.130. The molecule has 0 spiro atoms. The van der Waals surface area contributed by atoms with Crippen molar-refractivity contribution in [1.29, 1.82) is 0 Å². The van der Waals surface area contributed by atoms with E-state index in [-0.39, 0.29) is 24.9 Å². The molecule has 1 aliphatic heterocycles. The minimum Gasteiger partial charge on any atom is -0.387 e. The summed E-state index contributed by atoms with van der Waals surface area (Å²) >= 11 is 0. The van der Waals surface area contributed by atoms with Gasteiger partial charge in [0.2, 0.25) is 11.8 Å². The number of imide groups is 1. The lowest BCUT2D eigenvalue weighted by Crippen LogP contribution is -2.51. The van der Waals surface area contributed by atoms with Crippen LogP contribution in [0, 0.1) is 0 Å². The number of benzene rings is 1. The van der Waals surface area contributed by atoms with E-state index in [9.17, 15) is 14.7 Å². The van der Waals surface area contributed by atoms with Gasteiger partial charge in [-0.3, -0.25) is 14.9 Å². The molecule has 1 saturated heterocycles. The molecule has 1 fully saturated rings. The standard InChI is InChI=1S/C13H17N3O3/c1-14-6-11(17)9-4-2-3-5-10(9)16-7-12(18)15-13(19)8-16/h2-5,11,14,17H,6-8H2,1H3,(H,15,18,19). The van der Waals surface area contributed by atoms with Crippen LogP contribution in [0.15, 0.2) is 24.3 Å². The van der Waals surface area contributed by atoms with Crippen LogP contribution in [0.3, 0.4) is 0 Å². The molecule has 0 saturated carbocycles. The number of amides is 2. The Morgan fingerprint density at radius 1 is 1.32 bits per heavy atom. The molecule has 6 nitrogen and oxygen atoms in total. The smallest absolute Gasteiger partial charge is 0.246 e. The van der Waals surface area contributed by atoms with Crippen molar-refractivity contribution in [3.63, 3.8) is 0 Å². The summed E-state index contributed by atoms with van der Waals surface area (Å²) in [6, 6.07) is 7.25. The summed E-state index contributed by atoms with van der Waals surface area (Å²) in [5.74, 6) is -0.650. The lowest BCUT2D eigenvalue weighted by Gasteiger charge is -2.30. The molecule has 1 aromatic rings. The van der Waals surface area contributed by atoms with Crippen molar-refractivity contribution < 1.29 is 14.7 Å². The summed E-state index contributed by atoms with van der Waals surface area (Å²) in [6.45, 7) is 0.648. The van der Waals surface area contributed by atoms with Crippen LogP contribution in [0.5, 0.6) is 0 Å². The molecule has 1 aromatic carbocycles. The van der Waals surface area contributed by atoms with Crippen molar-refractivity contribution in [3.8, 4) is 0 Å². The Balaban J connectivity index is 2.28. The fraction of sp³-hybridized carbons (Fsp3) is 0.385. The number of likely N-dealkylation sites (N-methyl/N-ethyl adjacent to an activating group) is 1. The van der Waals surface area contributed by atoms with Crippen molar-refractivity contribution in [2.75, 3.05) is 31.6 Å². The van der Waals surface area contributed by atoms with Gasteiger partial charge >= 0.3 is 0 Å². The number of hydrogen-bond acceptors (Lipinski definition) is 5. The Kier molecular flexibility index (Phi) is 4.13. The maximum atomic E-state index is 11.4. The normalized spacial score (nSPS) is 17.3. The topological polar surface area (TPSA) is 81.7 Å². The quantitative estimate of drug-likeness (QED) is 0.632. The number of aliphatic hydroxyl groups is 1. The fourth-order valence-electron chi connectivity index (χ4n) is 2.17. The number of rotatable bonds is 4. The SMILES string of the molecule is CNCC(O)c1ccccc1N1CC(=O)NC(=O)C1. The van der Waals surface area contributed by atoms with Crippen molar-refractivity contribution in [1.82, 2.24) is 10.6 Å². The molecule has 1 unspecified atom stereocenters. The van der Waals surface area contributed by atoms with E-state index in [1.54, 1.807) is 24.1 Å². The van der Waals surface area contributed by atoms with Gasteiger partial charge in [0.15, 0.2) is 0 Å². The summed E-state index contributed by atoms with van der Waals surface area (Å²) in [4.78, 5) is 24.5. The second-order valence-electron chi connectivity index (χ2n) is 4.46. The van der Waals surface area contributed by atoms with E-state index < -0.39 is 6.10 Å². The van der Waals surface area contributed by atoms with E-state index in [2.05, 4.69) is 10.6 Å². The molecule has 1 aliphatic rings. The predicted molar refractivity (Wildman–Crippen MR) is 70.7 cm³/mol. The van der Waals surface area contributed by atoms with E-state index in [1.807, 2.05) is 12.1 Å². The summed E-state index contributed by atoms with van der Waals surface area (Å²) in [7, 11) is 1.75. The maximum absolute atomic E-state index is 11.4. The molecule has 6 heteroatoms. The summed E-state index contributed by atoms with van der Waals surface area (Å²) in [5, 5.41) is 15.2. The Morgan fingerprint density at radius 2 is 1.95 bits per heavy atom. The number of hydrogen-bond donors (Lipinski definition) is 3. The minimum absolute atomic E-state index is 0.120. The van der Waals surface area contributed by atoms with Gasteiger partial charge in [0.1, 0.15) is 0 Å². The number of nitrogens with zero attached hydrogens (tertiary/aromatic N) is 1. The second kappa shape index (κ2) is 5.81. The van der Waals surface area contributed by atoms with Crippen LogP contribution in [-0.2, 0) is 9.59 Å². The largest absolute Gasteiger partial charge is 0.387 e. The highest BCUT2D eigenvalue weighted by atomic mass is 16.3. The molecule has 0 radical (unpaired) electrons. The molecule has 1 heterocycles. The Hall–Kier alpha value is -1.92. The van der Waals surface area contributed by atoms with Gasteiger partial charge < -0.3 is 15.3 Å². The first-order chi connectivity index (χ1) is 9.11. The molecule has 2 amide bonds. The van der Waals surface area contributed by atoms with E-state index in [0.29, 0.717) is 17.8 Å². The van der Waals surface area contributed by atoms with Gasteiger partial charge in [-0.25, -0.2) is 0 Å². The van der Waals surface area contributed by atoms with Crippen LogP contribution in [0.2, 0.25) is 0 Å². The van der Waals surface area contributed by atoms with Gasteiger partial charge in [-0.1, -0.05) is 18.2 Å². The van der Waals surface area contributed by atoms with E-state index in [0.717, 1.165) is 0 Å². The zero-order valence-electron chi connectivity index (χ0n) is 10.7. The highest BCUT2D eigenvalue weighted by Gasteiger charge is 2.25. The molecule has 2 rings (SSSR count). The average molecular weight is 263 g/mol. The first kappa shape index (κ1) is 13.5. The van der Waals surface area contributed by atoms with E-state index >= 15 is 0 Å². The van der Waals surface area contributed by atoms with Gasteiger partial charge in [0, 0.05) is 17.8 Å². The number of carbonyl (C=O) groups is 2. The molecule has 1 atom stereocenters. The zero-order chi connectivity index (χ0) is 13.8. The van der Waals surface area contributed by atoms with Crippen molar-refractivity contribution in [2.45, 2.75) is 6.10 Å². The first-order valence-corrected chi connectivity index (χ1v) is 6.11. The third-order valence-corrected chi connectivity index (χ3v) is 2.98. The van der Waals surface area contributed by atoms with E-state index in [4.69, 9.17) is 0 Å². The van der Waals surface area contributed by atoms with Gasteiger partial charge in [-0.05, 0) is 13.1 Å². The lowest BCUT2D eigenvalue weighted by atomic mass is 10.1. The molecule has 102 valence electrons. The Bertz CT molecular complexity index is 474. The number of anilines is 1. The molecule has 3 N–H and O–H groups in total. The molecular weight excluding hydrogens is 246 g/mol. The highest BCUT2D eigenvalue weighted by molar-refractivity contribution is 6.02. The van der Waals surface area contributed by atoms with Crippen LogP contribution in [0.4, 0.5) is 5.69 Å².